The fourth-order valence-electron chi connectivity index (χ4n) is 1.42. The maximum absolute atomic E-state index is 11.0. The first kappa shape index (κ1) is 12.2. The van der Waals surface area contributed by atoms with Crippen LogP contribution < -0.4 is 10.6 Å². The van der Waals surface area contributed by atoms with Crippen molar-refractivity contribution >= 4 is 17.5 Å². The highest BCUT2D eigenvalue weighted by atomic mass is 16.2. The second kappa shape index (κ2) is 5.30. The summed E-state index contributed by atoms with van der Waals surface area (Å²) >= 11 is 0. The molecule has 0 aliphatic heterocycles. The van der Waals surface area contributed by atoms with Crippen LogP contribution in [0.4, 0.5) is 5.69 Å². The number of nitrogens with one attached hydrogen (secondary N) is 2. The molecule has 0 aliphatic carbocycles. The average Bonchev–Trinajstić information content (AvgIpc) is 2.18. The Morgan fingerprint density at radius 1 is 1.19 bits per heavy atom. The van der Waals surface area contributed by atoms with Crippen LogP contribution in [0.5, 0.6) is 0 Å². The summed E-state index contributed by atoms with van der Waals surface area (Å²) < 4.78 is 0. The predicted molar refractivity (Wildman–Crippen MR) is 63.0 cm³/mol. The van der Waals surface area contributed by atoms with Crippen molar-refractivity contribution in [3.63, 3.8) is 0 Å². The first-order valence-corrected chi connectivity index (χ1v) is 5.11. The van der Waals surface area contributed by atoms with E-state index in [2.05, 4.69) is 10.6 Å². The Labute approximate surface area is 95.0 Å². The van der Waals surface area contributed by atoms with E-state index in [1.54, 1.807) is 0 Å². The minimum absolute atomic E-state index is 0.0654. The van der Waals surface area contributed by atoms with Crippen LogP contribution in [-0.4, -0.2) is 11.8 Å². The summed E-state index contributed by atoms with van der Waals surface area (Å²) in [7, 11) is 0. The molecular weight excluding hydrogens is 204 g/mol. The lowest BCUT2D eigenvalue weighted by molar-refractivity contribution is -0.119. The van der Waals surface area contributed by atoms with Crippen molar-refractivity contribution < 1.29 is 9.59 Å². The standard InChI is InChI=1S/C12H16N2O2/c1-8-11(7-13-9(2)15)5-4-6-12(8)14-10(3)16/h4-6H,7H2,1-3H3,(H,13,15)(H,14,16). The molecule has 4 heteroatoms. The summed E-state index contributed by atoms with van der Waals surface area (Å²) in [6, 6.07) is 5.63. The van der Waals surface area contributed by atoms with E-state index in [1.165, 1.54) is 13.8 Å². The van der Waals surface area contributed by atoms with Crippen molar-refractivity contribution in [3.05, 3.63) is 29.3 Å². The van der Waals surface area contributed by atoms with E-state index in [0.717, 1.165) is 16.8 Å². The highest BCUT2D eigenvalue weighted by Gasteiger charge is 2.05. The van der Waals surface area contributed by atoms with Gasteiger partial charge >= 0.3 is 0 Å². The second-order valence-corrected chi connectivity index (χ2v) is 3.68. The number of carbonyl (C=O) groups is 2. The molecule has 0 spiro atoms. The number of hydrogen-bond donors (Lipinski definition) is 2. The SMILES string of the molecule is CC(=O)NCc1cccc(NC(C)=O)c1C. The van der Waals surface area contributed by atoms with Crippen molar-refractivity contribution in [1.82, 2.24) is 5.32 Å². The van der Waals surface area contributed by atoms with Crippen LogP contribution in [0.3, 0.4) is 0 Å². The van der Waals surface area contributed by atoms with E-state index in [-0.39, 0.29) is 11.8 Å². The molecule has 2 N–H and O–H groups in total. The van der Waals surface area contributed by atoms with Crippen LogP contribution in [-0.2, 0) is 16.1 Å². The smallest absolute Gasteiger partial charge is 0.221 e. The second-order valence-electron chi connectivity index (χ2n) is 3.68. The van der Waals surface area contributed by atoms with E-state index < -0.39 is 0 Å². The molecule has 2 amide bonds. The molecule has 1 aromatic rings. The van der Waals surface area contributed by atoms with Crippen molar-refractivity contribution in [1.29, 1.82) is 0 Å². The summed E-state index contributed by atoms with van der Waals surface area (Å²) in [6.07, 6.45) is 0. The molecule has 1 rings (SSSR count). The molecule has 0 atom stereocenters. The third kappa shape index (κ3) is 3.38. The number of rotatable bonds is 3. The maximum atomic E-state index is 11.0. The topological polar surface area (TPSA) is 58.2 Å². The zero-order valence-corrected chi connectivity index (χ0v) is 9.76. The molecule has 4 nitrogen and oxygen atoms in total. The third-order valence-corrected chi connectivity index (χ3v) is 2.28. The molecule has 1 aromatic carbocycles. The van der Waals surface area contributed by atoms with Gasteiger partial charge in [-0.15, -0.1) is 0 Å². The van der Waals surface area contributed by atoms with Crippen molar-refractivity contribution in [2.75, 3.05) is 5.32 Å². The van der Waals surface area contributed by atoms with Gasteiger partial charge in [0, 0.05) is 26.1 Å². The van der Waals surface area contributed by atoms with Gasteiger partial charge in [-0.25, -0.2) is 0 Å². The number of benzene rings is 1. The fourth-order valence-corrected chi connectivity index (χ4v) is 1.42. The predicted octanol–water partition coefficient (Wildman–Crippen LogP) is 1.59. The monoisotopic (exact) mass is 220 g/mol. The van der Waals surface area contributed by atoms with Gasteiger partial charge in [0.15, 0.2) is 0 Å². The van der Waals surface area contributed by atoms with E-state index in [1.807, 2.05) is 25.1 Å². The Bertz CT molecular complexity index is 413. The number of carbonyl (C=O) groups excluding carboxylic acids is 2. The minimum Gasteiger partial charge on any atom is -0.352 e. The molecule has 0 fully saturated rings. The molecule has 0 unspecified atom stereocenters. The largest absolute Gasteiger partial charge is 0.352 e. The highest BCUT2D eigenvalue weighted by Crippen LogP contribution is 2.18. The normalized spacial score (nSPS) is 9.69. The zero-order valence-electron chi connectivity index (χ0n) is 9.76. The van der Waals surface area contributed by atoms with Crippen LogP contribution >= 0.6 is 0 Å². The van der Waals surface area contributed by atoms with Gasteiger partial charge in [-0.1, -0.05) is 12.1 Å². The van der Waals surface area contributed by atoms with Gasteiger partial charge in [0.2, 0.25) is 11.8 Å². The molecule has 86 valence electrons. The van der Waals surface area contributed by atoms with Crippen molar-refractivity contribution in [3.8, 4) is 0 Å². The Balaban J connectivity index is 2.85. The molecular formula is C12H16N2O2. The van der Waals surface area contributed by atoms with Gasteiger partial charge in [-0.2, -0.15) is 0 Å². The third-order valence-electron chi connectivity index (χ3n) is 2.28. The Hall–Kier alpha value is -1.84. The van der Waals surface area contributed by atoms with Crippen molar-refractivity contribution in [2.24, 2.45) is 0 Å². The lowest BCUT2D eigenvalue weighted by Gasteiger charge is -2.11. The maximum Gasteiger partial charge on any atom is 0.221 e. The van der Waals surface area contributed by atoms with Gasteiger partial charge in [-0.3, -0.25) is 9.59 Å². The first-order valence-electron chi connectivity index (χ1n) is 5.11. The van der Waals surface area contributed by atoms with E-state index in [0.29, 0.717) is 6.54 Å². The van der Waals surface area contributed by atoms with E-state index in [9.17, 15) is 9.59 Å². The Morgan fingerprint density at radius 2 is 1.88 bits per heavy atom. The number of hydrogen-bond acceptors (Lipinski definition) is 2. The lowest BCUT2D eigenvalue weighted by Crippen LogP contribution is -2.20. The highest BCUT2D eigenvalue weighted by molar-refractivity contribution is 5.89. The van der Waals surface area contributed by atoms with Crippen LogP contribution in [0.15, 0.2) is 18.2 Å². The molecule has 0 bridgehead atoms. The van der Waals surface area contributed by atoms with Gasteiger partial charge < -0.3 is 10.6 Å². The van der Waals surface area contributed by atoms with Crippen molar-refractivity contribution in [2.45, 2.75) is 27.3 Å². The van der Waals surface area contributed by atoms with Gasteiger partial charge in [0.25, 0.3) is 0 Å². The van der Waals surface area contributed by atoms with Crippen LogP contribution in [0.2, 0.25) is 0 Å². The molecule has 0 saturated carbocycles. The van der Waals surface area contributed by atoms with Gasteiger partial charge in [0.1, 0.15) is 0 Å². The van der Waals surface area contributed by atoms with Gasteiger partial charge in [0.05, 0.1) is 0 Å². The molecule has 0 heterocycles. The molecule has 0 aliphatic rings. The van der Waals surface area contributed by atoms with Gasteiger partial charge in [-0.05, 0) is 24.1 Å². The lowest BCUT2D eigenvalue weighted by atomic mass is 10.1. The van der Waals surface area contributed by atoms with Crippen LogP contribution in [0.25, 0.3) is 0 Å². The first-order chi connectivity index (χ1) is 7.50. The van der Waals surface area contributed by atoms with E-state index >= 15 is 0 Å². The Kier molecular flexibility index (Phi) is 4.05. The summed E-state index contributed by atoms with van der Waals surface area (Å²) in [4.78, 5) is 21.8. The molecule has 0 aromatic heterocycles. The molecule has 16 heavy (non-hydrogen) atoms. The summed E-state index contributed by atoms with van der Waals surface area (Å²) in [5, 5.41) is 5.48. The average molecular weight is 220 g/mol. The van der Waals surface area contributed by atoms with E-state index in [4.69, 9.17) is 0 Å². The summed E-state index contributed by atoms with van der Waals surface area (Å²) in [5.74, 6) is -0.163. The minimum atomic E-state index is -0.0974. The summed E-state index contributed by atoms with van der Waals surface area (Å²) in [5.41, 5.74) is 2.77. The van der Waals surface area contributed by atoms with Crippen LogP contribution in [0.1, 0.15) is 25.0 Å². The zero-order chi connectivity index (χ0) is 12.1. The number of anilines is 1. The number of amides is 2. The fraction of sp³-hybridized carbons (Fsp3) is 0.333. The quantitative estimate of drug-likeness (QED) is 0.812. The Morgan fingerprint density at radius 3 is 2.44 bits per heavy atom. The van der Waals surface area contributed by atoms with Crippen LogP contribution in [0, 0.1) is 6.92 Å². The summed E-state index contributed by atoms with van der Waals surface area (Å²) in [6.45, 7) is 5.35. The molecule has 0 radical (unpaired) electrons. The molecule has 0 saturated heterocycles.